The van der Waals surface area contributed by atoms with Crippen molar-refractivity contribution in [2.24, 2.45) is 0 Å². The topological polar surface area (TPSA) is 33.4 Å². The summed E-state index contributed by atoms with van der Waals surface area (Å²) in [5.41, 5.74) is 5.68. The summed E-state index contributed by atoms with van der Waals surface area (Å²) < 4.78 is 5.99. The summed E-state index contributed by atoms with van der Waals surface area (Å²) in [6, 6.07) is 31.1. The van der Waals surface area contributed by atoms with Gasteiger partial charge in [-0.3, -0.25) is 0 Å². The van der Waals surface area contributed by atoms with Gasteiger partial charge in [-0.1, -0.05) is 0 Å². The predicted molar refractivity (Wildman–Crippen MR) is 104 cm³/mol. The molecule has 2 radical (unpaired) electrons. The van der Waals surface area contributed by atoms with E-state index in [1.54, 1.807) is 0 Å². The van der Waals surface area contributed by atoms with E-state index >= 15 is 0 Å². The van der Waals surface area contributed by atoms with Crippen molar-refractivity contribution in [3.05, 3.63) is 91.0 Å². The zero-order valence-electron chi connectivity index (χ0n) is 13.7. The van der Waals surface area contributed by atoms with Crippen LogP contribution >= 0.6 is 0 Å². The van der Waals surface area contributed by atoms with Gasteiger partial charge in [-0.05, 0) is 0 Å². The molecule has 4 heteroatoms. The maximum absolute atomic E-state index is 6.50. The van der Waals surface area contributed by atoms with Crippen LogP contribution in [0.5, 0.6) is 0 Å². The Morgan fingerprint density at radius 2 is 1.04 bits per heavy atom. The molecule has 0 fully saturated rings. The summed E-state index contributed by atoms with van der Waals surface area (Å²) in [4.78, 5) is 0. The third-order valence-electron chi connectivity index (χ3n) is 3.97. The molecule has 0 saturated heterocycles. The Bertz CT molecular complexity index is 848. The average Bonchev–Trinajstić information content (AvgIpc) is 3.17. The van der Waals surface area contributed by atoms with E-state index in [2.05, 4.69) is 68.7 Å². The quantitative estimate of drug-likeness (QED) is 0.556. The molecule has 0 unspecified atom stereocenters. The van der Waals surface area contributed by atoms with Crippen LogP contribution < -0.4 is 0 Å². The second-order valence-electron chi connectivity index (χ2n) is 5.45. The van der Waals surface area contributed by atoms with Crippen LogP contribution in [0.25, 0.3) is 33.5 Å². The second kappa shape index (κ2) is 8.31. The fourth-order valence-electron chi connectivity index (χ4n) is 2.88. The third-order valence-corrected chi connectivity index (χ3v) is 3.97. The summed E-state index contributed by atoms with van der Waals surface area (Å²) in [5, 5.41) is 6.50. The molecule has 1 N–H and O–H groups in total. The second-order valence-corrected chi connectivity index (χ2v) is 5.45. The third kappa shape index (κ3) is 3.65. The molecule has 0 aliphatic heterocycles. The molecular formula is C21H16B2O2. The molecule has 0 bridgehead atoms. The molecule has 0 amide bonds. The predicted octanol–water partition coefficient (Wildman–Crippen LogP) is 4.68. The van der Waals surface area contributed by atoms with Gasteiger partial charge >= 0.3 is 136 Å². The average molecular weight is 322 g/mol. The van der Waals surface area contributed by atoms with Gasteiger partial charge in [0.05, 0.1) is 0 Å². The molecular weight excluding hydrogens is 306 g/mol. The van der Waals surface area contributed by atoms with Gasteiger partial charge < -0.3 is 5.02 Å². The van der Waals surface area contributed by atoms with E-state index in [1.807, 2.05) is 37.5 Å². The maximum atomic E-state index is 6.50. The van der Waals surface area contributed by atoms with E-state index in [1.165, 1.54) is 5.56 Å². The van der Waals surface area contributed by atoms with E-state index in [-0.39, 0.29) is 0 Å². The number of benzene rings is 3. The van der Waals surface area contributed by atoms with Crippen molar-refractivity contribution in [1.29, 1.82) is 0 Å². The Morgan fingerprint density at radius 3 is 1.56 bits per heavy atom. The minimum atomic E-state index is 0.913. The fraction of sp³-hybridized carbons (Fsp3) is 0. The first kappa shape index (κ1) is 17.0. The fourth-order valence-corrected chi connectivity index (χ4v) is 2.88. The molecule has 0 atom stereocenters. The molecule has 1 heterocycles. The van der Waals surface area contributed by atoms with Crippen molar-refractivity contribution in [2.45, 2.75) is 0 Å². The van der Waals surface area contributed by atoms with Gasteiger partial charge in [-0.15, -0.1) is 0 Å². The van der Waals surface area contributed by atoms with Gasteiger partial charge in [0.1, 0.15) is 0 Å². The van der Waals surface area contributed by atoms with Crippen LogP contribution in [0.2, 0.25) is 0 Å². The molecule has 2 nitrogen and oxygen atoms in total. The van der Waals surface area contributed by atoms with Crippen LogP contribution in [0.15, 0.2) is 95.3 Å². The molecule has 118 valence electrons. The van der Waals surface area contributed by atoms with E-state index < -0.39 is 0 Å². The zero-order chi connectivity index (χ0) is 17.5. The van der Waals surface area contributed by atoms with Crippen LogP contribution in [0, 0.1) is 0 Å². The van der Waals surface area contributed by atoms with Crippen molar-refractivity contribution >= 4 is 15.2 Å². The molecule has 0 aliphatic rings. The summed E-state index contributed by atoms with van der Waals surface area (Å²) >= 11 is 0. The number of rotatable bonds is 3. The van der Waals surface area contributed by atoms with Crippen LogP contribution in [0.4, 0.5) is 0 Å². The first-order valence-corrected chi connectivity index (χ1v) is 7.97. The SMILES string of the molecule is [B]O.b1oc(-c2ccccc2)c(-c2ccccc2)c1-c1ccccc1. The number of hydrogen-bond acceptors (Lipinski definition) is 2. The normalized spacial score (nSPS) is 9.80. The van der Waals surface area contributed by atoms with Crippen LogP contribution in [-0.4, -0.2) is 20.2 Å². The molecule has 0 saturated carbocycles. The van der Waals surface area contributed by atoms with E-state index in [4.69, 9.17) is 9.36 Å². The van der Waals surface area contributed by atoms with Gasteiger partial charge in [-0.25, -0.2) is 0 Å². The van der Waals surface area contributed by atoms with Crippen molar-refractivity contribution in [3.8, 4) is 33.5 Å². The summed E-state index contributed by atoms with van der Waals surface area (Å²) in [6.07, 6.45) is 0. The van der Waals surface area contributed by atoms with Gasteiger partial charge in [0.2, 0.25) is 0 Å². The Balaban J connectivity index is 0.000000880. The molecule has 1 aromatic heterocycles. The van der Waals surface area contributed by atoms with Crippen LogP contribution in [0.3, 0.4) is 0 Å². The summed E-state index contributed by atoms with van der Waals surface area (Å²) in [5.74, 6) is 0.913. The molecule has 0 aliphatic carbocycles. The molecule has 0 spiro atoms. The van der Waals surface area contributed by atoms with E-state index in [0.29, 0.717) is 0 Å². The van der Waals surface area contributed by atoms with Crippen molar-refractivity contribution in [3.63, 3.8) is 0 Å². The van der Waals surface area contributed by atoms with Crippen LogP contribution in [0.1, 0.15) is 0 Å². The van der Waals surface area contributed by atoms with E-state index in [9.17, 15) is 0 Å². The Hall–Kier alpha value is -2.84. The van der Waals surface area contributed by atoms with Crippen molar-refractivity contribution in [1.82, 2.24) is 0 Å². The van der Waals surface area contributed by atoms with Crippen molar-refractivity contribution in [2.75, 3.05) is 0 Å². The number of hydrogen-bond donors (Lipinski definition) is 1. The van der Waals surface area contributed by atoms with Gasteiger partial charge in [0, 0.05) is 0 Å². The monoisotopic (exact) mass is 322 g/mol. The first-order chi connectivity index (χ1) is 12.4. The van der Waals surface area contributed by atoms with Gasteiger partial charge in [-0.2, -0.15) is 0 Å². The van der Waals surface area contributed by atoms with Crippen molar-refractivity contribution < 1.29 is 9.36 Å². The Morgan fingerprint density at radius 1 is 0.600 bits per heavy atom. The summed E-state index contributed by atoms with van der Waals surface area (Å²) in [7, 11) is 5.36. The molecule has 4 aromatic rings. The van der Waals surface area contributed by atoms with Gasteiger partial charge in [0.15, 0.2) is 0 Å². The van der Waals surface area contributed by atoms with E-state index in [0.717, 1.165) is 27.9 Å². The molecule has 25 heavy (non-hydrogen) atoms. The van der Waals surface area contributed by atoms with Crippen LogP contribution in [-0.2, 0) is 0 Å². The minimum absolute atomic E-state index is 0.913. The van der Waals surface area contributed by atoms with Gasteiger partial charge in [0.25, 0.3) is 8.05 Å². The standard InChI is InChI=1S/C21H15BO.BHO/c1-4-10-16(11-5-1)19-20(17-12-6-2-7-13-17)22-23-21(19)18-14-8-3-9-15-18;1-2/h1-15H;2H. The molecule has 3 aromatic carbocycles. The summed E-state index contributed by atoms with van der Waals surface area (Å²) in [6.45, 7) is 0. The molecule has 4 rings (SSSR count). The zero-order valence-corrected chi connectivity index (χ0v) is 13.7. The Kier molecular flexibility index (Phi) is 5.65. The first-order valence-electron chi connectivity index (χ1n) is 7.97. The Labute approximate surface area is 149 Å².